The van der Waals surface area contributed by atoms with E-state index in [-0.39, 0.29) is 0 Å². The van der Waals surface area contributed by atoms with Crippen molar-refractivity contribution >= 4 is 27.9 Å². The van der Waals surface area contributed by atoms with Gasteiger partial charge in [-0.2, -0.15) is 0 Å². The molecule has 0 N–H and O–H groups in total. The Morgan fingerprint density at radius 1 is 1.50 bits per heavy atom. The molecular formula is C7H4BrN3O. The first-order valence-corrected chi connectivity index (χ1v) is 4.06. The largest absolute Gasteiger partial charge is 0.298 e. The Hall–Kier alpha value is -1.23. The predicted octanol–water partition coefficient (Wildman–Crippen LogP) is 1.30. The summed E-state index contributed by atoms with van der Waals surface area (Å²) in [4.78, 5) is 10.5. The second kappa shape index (κ2) is 2.67. The lowest BCUT2D eigenvalue weighted by Crippen LogP contribution is -1.89. The van der Waals surface area contributed by atoms with E-state index in [1.54, 1.807) is 22.7 Å². The summed E-state index contributed by atoms with van der Waals surface area (Å²) in [7, 11) is 0. The maximum atomic E-state index is 10.5. The Bertz CT molecular complexity index is 437. The Morgan fingerprint density at radius 2 is 2.33 bits per heavy atom. The van der Waals surface area contributed by atoms with Gasteiger partial charge in [-0.05, 0) is 28.1 Å². The minimum Gasteiger partial charge on any atom is -0.298 e. The van der Waals surface area contributed by atoms with E-state index in [0.29, 0.717) is 15.9 Å². The first-order valence-electron chi connectivity index (χ1n) is 3.27. The minimum absolute atomic E-state index is 0.538. The van der Waals surface area contributed by atoms with Crippen LogP contribution in [-0.4, -0.2) is 20.9 Å². The van der Waals surface area contributed by atoms with Gasteiger partial charge in [-0.3, -0.25) is 9.20 Å². The summed E-state index contributed by atoms with van der Waals surface area (Å²) in [5, 5.41) is 7.60. The van der Waals surface area contributed by atoms with Crippen molar-refractivity contribution < 1.29 is 4.79 Å². The lowest BCUT2D eigenvalue weighted by atomic mass is 10.3. The molecule has 4 nitrogen and oxygen atoms in total. The van der Waals surface area contributed by atoms with Gasteiger partial charge in [-0.15, -0.1) is 10.2 Å². The Morgan fingerprint density at radius 3 is 3.08 bits per heavy atom. The molecule has 0 atom stereocenters. The van der Waals surface area contributed by atoms with Crippen molar-refractivity contribution in [3.63, 3.8) is 0 Å². The highest BCUT2D eigenvalue weighted by Gasteiger charge is 2.04. The van der Waals surface area contributed by atoms with E-state index < -0.39 is 0 Å². The molecule has 0 radical (unpaired) electrons. The summed E-state index contributed by atoms with van der Waals surface area (Å²) < 4.78 is 2.30. The third kappa shape index (κ3) is 0.937. The molecule has 0 saturated carbocycles. The molecule has 2 aromatic heterocycles. The fraction of sp³-hybridized carbons (Fsp3) is 0. The molecule has 60 valence electrons. The SMILES string of the molecule is O=Cc1cccn2c(Br)nnc12. The van der Waals surface area contributed by atoms with E-state index in [4.69, 9.17) is 0 Å². The van der Waals surface area contributed by atoms with Crippen molar-refractivity contribution in [2.45, 2.75) is 0 Å². The molecule has 2 aromatic rings. The zero-order valence-corrected chi connectivity index (χ0v) is 7.52. The van der Waals surface area contributed by atoms with Crippen LogP contribution in [0.5, 0.6) is 0 Å². The van der Waals surface area contributed by atoms with Crippen molar-refractivity contribution in [2.75, 3.05) is 0 Å². The quantitative estimate of drug-likeness (QED) is 0.688. The van der Waals surface area contributed by atoms with Gasteiger partial charge in [0.1, 0.15) is 0 Å². The first-order chi connectivity index (χ1) is 5.83. The highest BCUT2D eigenvalue weighted by Crippen LogP contribution is 2.11. The smallest absolute Gasteiger partial charge is 0.204 e. The van der Waals surface area contributed by atoms with Gasteiger partial charge in [0.05, 0.1) is 5.56 Å². The zero-order valence-electron chi connectivity index (χ0n) is 5.94. The summed E-state index contributed by atoms with van der Waals surface area (Å²) in [6.07, 6.45) is 2.54. The molecule has 0 aliphatic carbocycles. The molecule has 0 unspecified atom stereocenters. The number of aldehydes is 1. The molecule has 0 amide bonds. The maximum Gasteiger partial charge on any atom is 0.204 e. The summed E-state index contributed by atoms with van der Waals surface area (Å²) in [5.41, 5.74) is 1.11. The van der Waals surface area contributed by atoms with Crippen molar-refractivity contribution in [3.8, 4) is 0 Å². The monoisotopic (exact) mass is 225 g/mol. The molecule has 0 aromatic carbocycles. The molecule has 0 aliphatic rings. The van der Waals surface area contributed by atoms with E-state index in [1.807, 2.05) is 0 Å². The second-order valence-electron chi connectivity index (χ2n) is 2.24. The number of fused-ring (bicyclic) bond motifs is 1. The van der Waals surface area contributed by atoms with Crippen LogP contribution in [-0.2, 0) is 0 Å². The number of carbonyl (C=O) groups excluding carboxylic acids is 1. The van der Waals surface area contributed by atoms with Crippen LogP contribution in [0.15, 0.2) is 23.1 Å². The molecule has 0 aliphatic heterocycles. The Labute approximate surface area is 76.4 Å². The predicted molar refractivity (Wildman–Crippen MR) is 46.1 cm³/mol. The van der Waals surface area contributed by atoms with Gasteiger partial charge in [0, 0.05) is 6.20 Å². The van der Waals surface area contributed by atoms with Crippen LogP contribution in [0.1, 0.15) is 10.4 Å². The Kier molecular flexibility index (Phi) is 1.65. The third-order valence-corrected chi connectivity index (χ3v) is 2.09. The molecule has 0 saturated heterocycles. The fourth-order valence-corrected chi connectivity index (χ4v) is 1.37. The minimum atomic E-state index is 0.538. The van der Waals surface area contributed by atoms with Gasteiger partial charge >= 0.3 is 0 Å². The number of aromatic nitrogens is 3. The molecule has 0 spiro atoms. The molecule has 12 heavy (non-hydrogen) atoms. The number of carbonyl (C=O) groups is 1. The topological polar surface area (TPSA) is 47.3 Å². The summed E-state index contributed by atoms with van der Waals surface area (Å²) >= 11 is 3.20. The van der Waals surface area contributed by atoms with E-state index in [2.05, 4.69) is 26.1 Å². The van der Waals surface area contributed by atoms with Gasteiger partial charge in [0.2, 0.25) is 4.73 Å². The van der Waals surface area contributed by atoms with E-state index in [1.165, 1.54) is 0 Å². The fourth-order valence-electron chi connectivity index (χ4n) is 1.00. The van der Waals surface area contributed by atoms with Crippen LogP contribution in [0.3, 0.4) is 0 Å². The highest BCUT2D eigenvalue weighted by molar-refractivity contribution is 9.10. The number of rotatable bonds is 1. The summed E-state index contributed by atoms with van der Waals surface area (Å²) in [6.45, 7) is 0. The lowest BCUT2D eigenvalue weighted by Gasteiger charge is -1.93. The molecule has 0 fully saturated rings. The van der Waals surface area contributed by atoms with Crippen LogP contribution < -0.4 is 0 Å². The molecule has 0 bridgehead atoms. The van der Waals surface area contributed by atoms with Crippen molar-refractivity contribution in [1.29, 1.82) is 0 Å². The van der Waals surface area contributed by atoms with Crippen LogP contribution in [0.4, 0.5) is 0 Å². The van der Waals surface area contributed by atoms with E-state index >= 15 is 0 Å². The number of halogens is 1. The normalized spacial score (nSPS) is 10.4. The molecule has 5 heteroatoms. The van der Waals surface area contributed by atoms with Gasteiger partial charge < -0.3 is 0 Å². The zero-order chi connectivity index (χ0) is 8.55. The van der Waals surface area contributed by atoms with Crippen LogP contribution >= 0.6 is 15.9 Å². The van der Waals surface area contributed by atoms with Gasteiger partial charge in [-0.25, -0.2) is 0 Å². The number of hydrogen-bond acceptors (Lipinski definition) is 3. The molecule has 2 rings (SSSR count). The molecular weight excluding hydrogens is 222 g/mol. The lowest BCUT2D eigenvalue weighted by molar-refractivity contribution is 0.112. The van der Waals surface area contributed by atoms with Crippen LogP contribution in [0.2, 0.25) is 0 Å². The maximum absolute atomic E-state index is 10.5. The van der Waals surface area contributed by atoms with Gasteiger partial charge in [0.25, 0.3) is 0 Å². The average Bonchev–Trinajstić information content (AvgIpc) is 2.48. The van der Waals surface area contributed by atoms with Crippen molar-refractivity contribution in [3.05, 3.63) is 28.6 Å². The van der Waals surface area contributed by atoms with E-state index in [9.17, 15) is 4.79 Å². The van der Waals surface area contributed by atoms with Gasteiger partial charge in [-0.1, -0.05) is 0 Å². The van der Waals surface area contributed by atoms with Crippen LogP contribution in [0.25, 0.3) is 5.65 Å². The highest BCUT2D eigenvalue weighted by atomic mass is 79.9. The standard InChI is InChI=1S/C7H4BrN3O/c8-7-10-9-6-5(4-12)2-1-3-11(6)7/h1-4H. The summed E-state index contributed by atoms with van der Waals surface area (Å²) in [5.74, 6) is 0. The number of hydrogen-bond donors (Lipinski definition) is 0. The van der Waals surface area contributed by atoms with Crippen molar-refractivity contribution in [2.24, 2.45) is 0 Å². The first kappa shape index (κ1) is 7.42. The number of nitrogens with zero attached hydrogens (tertiary/aromatic N) is 3. The second-order valence-corrected chi connectivity index (χ2v) is 2.95. The van der Waals surface area contributed by atoms with Gasteiger partial charge in [0.15, 0.2) is 11.9 Å². The van der Waals surface area contributed by atoms with E-state index in [0.717, 1.165) is 6.29 Å². The average molecular weight is 226 g/mol. The molecule has 2 heterocycles. The number of pyridine rings is 1. The third-order valence-electron chi connectivity index (χ3n) is 1.55. The Balaban J connectivity index is 2.89. The van der Waals surface area contributed by atoms with Crippen molar-refractivity contribution in [1.82, 2.24) is 14.6 Å². The van der Waals surface area contributed by atoms with Crippen LogP contribution in [0, 0.1) is 0 Å². The summed E-state index contributed by atoms with van der Waals surface area (Å²) in [6, 6.07) is 3.47.